The van der Waals surface area contributed by atoms with Crippen molar-refractivity contribution in [3.63, 3.8) is 0 Å². The van der Waals surface area contributed by atoms with Gasteiger partial charge in [-0.15, -0.1) is 0 Å². The molecule has 1 aromatic rings. The molecule has 0 unspecified atom stereocenters. The SMILES string of the molecule is CN(C(=O)C1=CCCCC1)c1ccccc1OS(=O)(=O)C(F)(F)F. The number of alkyl halides is 3. The van der Waals surface area contributed by atoms with E-state index in [0.717, 1.165) is 30.2 Å². The third-order valence-electron chi connectivity index (χ3n) is 3.58. The number of para-hydroxylation sites is 2. The maximum absolute atomic E-state index is 12.5. The molecular formula is C15H16F3NO4S. The first-order valence-corrected chi connectivity index (χ1v) is 8.61. The molecule has 1 aromatic carbocycles. The van der Waals surface area contributed by atoms with E-state index in [1.54, 1.807) is 6.08 Å². The predicted octanol–water partition coefficient (Wildman–Crippen LogP) is 3.38. The molecule has 9 heteroatoms. The van der Waals surface area contributed by atoms with E-state index in [2.05, 4.69) is 4.18 Å². The second-order valence-electron chi connectivity index (χ2n) is 5.29. The maximum Gasteiger partial charge on any atom is 0.534 e. The lowest BCUT2D eigenvalue weighted by Crippen LogP contribution is -2.31. The summed E-state index contributed by atoms with van der Waals surface area (Å²) in [4.78, 5) is 13.5. The minimum Gasteiger partial charge on any atom is -0.374 e. The smallest absolute Gasteiger partial charge is 0.374 e. The van der Waals surface area contributed by atoms with Crippen LogP contribution in [0.3, 0.4) is 0 Å². The highest BCUT2D eigenvalue weighted by atomic mass is 32.2. The number of hydrogen-bond acceptors (Lipinski definition) is 4. The highest BCUT2D eigenvalue weighted by Crippen LogP contribution is 2.34. The number of carbonyl (C=O) groups excluding carboxylic acids is 1. The normalized spacial score (nSPS) is 15.6. The Morgan fingerprint density at radius 3 is 2.46 bits per heavy atom. The van der Waals surface area contributed by atoms with E-state index >= 15 is 0 Å². The average molecular weight is 363 g/mol. The lowest BCUT2D eigenvalue weighted by molar-refractivity contribution is -0.115. The summed E-state index contributed by atoms with van der Waals surface area (Å²) in [5, 5.41) is 0. The standard InChI is InChI=1S/C15H16F3NO4S/c1-19(14(20)11-7-3-2-4-8-11)12-9-5-6-10-13(12)23-24(21,22)15(16,17)18/h5-7,9-10H,2-4,8H2,1H3. The summed E-state index contributed by atoms with van der Waals surface area (Å²) >= 11 is 0. The van der Waals surface area contributed by atoms with Crippen molar-refractivity contribution in [1.82, 2.24) is 0 Å². The van der Waals surface area contributed by atoms with Gasteiger partial charge >= 0.3 is 15.6 Å². The minimum atomic E-state index is -5.81. The predicted molar refractivity (Wildman–Crippen MR) is 82.0 cm³/mol. The third kappa shape index (κ3) is 3.89. The molecule has 5 nitrogen and oxygen atoms in total. The Hall–Kier alpha value is -2.03. The van der Waals surface area contributed by atoms with Crippen molar-refractivity contribution >= 4 is 21.7 Å². The van der Waals surface area contributed by atoms with Crippen LogP contribution in [0.15, 0.2) is 35.9 Å². The minimum absolute atomic E-state index is 0.0539. The number of amides is 1. The quantitative estimate of drug-likeness (QED) is 0.608. The summed E-state index contributed by atoms with van der Waals surface area (Å²) < 4.78 is 64.1. The van der Waals surface area contributed by atoms with Crippen molar-refractivity contribution in [3.8, 4) is 5.75 Å². The molecule has 0 aromatic heterocycles. The van der Waals surface area contributed by atoms with Gasteiger partial charge in [0.05, 0.1) is 5.69 Å². The fourth-order valence-electron chi connectivity index (χ4n) is 2.33. The Kier molecular flexibility index (Phi) is 5.22. The summed E-state index contributed by atoms with van der Waals surface area (Å²) in [6.07, 6.45) is 4.96. The number of carbonyl (C=O) groups is 1. The monoisotopic (exact) mass is 363 g/mol. The molecule has 1 aliphatic rings. The molecule has 0 bridgehead atoms. The van der Waals surface area contributed by atoms with Crippen LogP contribution in [0.25, 0.3) is 0 Å². The van der Waals surface area contributed by atoms with E-state index < -0.39 is 27.3 Å². The second-order valence-corrected chi connectivity index (χ2v) is 6.83. The van der Waals surface area contributed by atoms with Gasteiger partial charge < -0.3 is 9.08 Å². The first-order valence-electron chi connectivity index (χ1n) is 7.20. The molecule has 0 saturated heterocycles. The molecule has 132 valence electrons. The summed E-state index contributed by atoms with van der Waals surface area (Å²) in [7, 11) is -4.45. The zero-order valence-electron chi connectivity index (χ0n) is 12.8. The van der Waals surface area contributed by atoms with Crippen LogP contribution in [0.4, 0.5) is 18.9 Å². The molecule has 0 atom stereocenters. The van der Waals surface area contributed by atoms with Crippen LogP contribution >= 0.6 is 0 Å². The fraction of sp³-hybridized carbons (Fsp3) is 0.400. The Morgan fingerprint density at radius 2 is 1.88 bits per heavy atom. The topological polar surface area (TPSA) is 63.7 Å². The molecule has 0 fully saturated rings. The number of anilines is 1. The van der Waals surface area contributed by atoms with Crippen molar-refractivity contribution in [2.24, 2.45) is 0 Å². The third-order valence-corrected chi connectivity index (χ3v) is 4.55. The first kappa shape index (κ1) is 18.3. The molecule has 0 heterocycles. The Bertz CT molecular complexity index is 756. The Labute approximate surface area is 137 Å². The summed E-state index contributed by atoms with van der Waals surface area (Å²) in [5.74, 6) is -0.947. The number of allylic oxidation sites excluding steroid dienone is 1. The van der Waals surface area contributed by atoms with Gasteiger partial charge in [0.25, 0.3) is 5.91 Å². The number of halogens is 3. The van der Waals surface area contributed by atoms with Crippen molar-refractivity contribution in [2.45, 2.75) is 31.2 Å². The second kappa shape index (κ2) is 6.84. The van der Waals surface area contributed by atoms with Crippen LogP contribution in [-0.2, 0) is 14.9 Å². The van der Waals surface area contributed by atoms with Gasteiger partial charge in [-0.3, -0.25) is 4.79 Å². The van der Waals surface area contributed by atoms with Gasteiger partial charge in [-0.2, -0.15) is 21.6 Å². The molecule has 0 spiro atoms. The Morgan fingerprint density at radius 1 is 1.21 bits per heavy atom. The van der Waals surface area contributed by atoms with Crippen LogP contribution in [0.1, 0.15) is 25.7 Å². The van der Waals surface area contributed by atoms with E-state index in [1.807, 2.05) is 0 Å². The van der Waals surface area contributed by atoms with Gasteiger partial charge in [0, 0.05) is 12.6 Å². The summed E-state index contributed by atoms with van der Waals surface area (Å²) in [6.45, 7) is 0. The molecule has 0 saturated carbocycles. The number of nitrogens with zero attached hydrogens (tertiary/aromatic N) is 1. The van der Waals surface area contributed by atoms with E-state index in [-0.39, 0.29) is 5.69 Å². The van der Waals surface area contributed by atoms with Crippen LogP contribution in [0.2, 0.25) is 0 Å². The number of rotatable bonds is 4. The van der Waals surface area contributed by atoms with Crippen LogP contribution in [0, 0.1) is 0 Å². The lowest BCUT2D eigenvalue weighted by atomic mass is 9.98. The Balaban J connectivity index is 2.32. The lowest BCUT2D eigenvalue weighted by Gasteiger charge is -2.23. The van der Waals surface area contributed by atoms with Gasteiger partial charge in [-0.25, -0.2) is 0 Å². The fourth-order valence-corrected chi connectivity index (χ4v) is 2.80. The van der Waals surface area contributed by atoms with Crippen LogP contribution in [-0.4, -0.2) is 26.9 Å². The largest absolute Gasteiger partial charge is 0.534 e. The van der Waals surface area contributed by atoms with E-state index in [0.29, 0.717) is 12.0 Å². The van der Waals surface area contributed by atoms with Crippen molar-refractivity contribution < 1.29 is 30.6 Å². The molecule has 0 radical (unpaired) electrons. The van der Waals surface area contributed by atoms with E-state index in [1.165, 1.54) is 25.2 Å². The van der Waals surface area contributed by atoms with Gasteiger partial charge in [0.15, 0.2) is 5.75 Å². The summed E-state index contributed by atoms with van der Waals surface area (Å²) in [5.41, 5.74) is -5.05. The highest BCUT2D eigenvalue weighted by molar-refractivity contribution is 7.88. The molecule has 1 amide bonds. The summed E-state index contributed by atoms with van der Waals surface area (Å²) in [6, 6.07) is 5.19. The zero-order valence-corrected chi connectivity index (χ0v) is 13.7. The molecule has 0 N–H and O–H groups in total. The number of benzene rings is 1. The van der Waals surface area contributed by atoms with Crippen molar-refractivity contribution in [3.05, 3.63) is 35.9 Å². The highest BCUT2D eigenvalue weighted by Gasteiger charge is 2.49. The van der Waals surface area contributed by atoms with Gasteiger partial charge in [0.1, 0.15) is 0 Å². The van der Waals surface area contributed by atoms with E-state index in [4.69, 9.17) is 0 Å². The molecule has 24 heavy (non-hydrogen) atoms. The molecule has 1 aliphatic carbocycles. The van der Waals surface area contributed by atoms with Gasteiger partial charge in [-0.1, -0.05) is 18.2 Å². The zero-order chi connectivity index (χ0) is 18.0. The maximum atomic E-state index is 12.5. The van der Waals surface area contributed by atoms with Crippen LogP contribution in [0.5, 0.6) is 5.75 Å². The average Bonchev–Trinajstić information content (AvgIpc) is 2.53. The van der Waals surface area contributed by atoms with Crippen molar-refractivity contribution in [1.29, 1.82) is 0 Å². The number of likely N-dealkylation sites (N-methyl/N-ethyl adjacent to an activating group) is 1. The number of hydrogen-bond donors (Lipinski definition) is 0. The van der Waals surface area contributed by atoms with E-state index in [9.17, 15) is 26.4 Å². The molecular weight excluding hydrogens is 347 g/mol. The first-order chi connectivity index (χ1) is 11.1. The van der Waals surface area contributed by atoms with Crippen LogP contribution < -0.4 is 9.08 Å². The van der Waals surface area contributed by atoms with Gasteiger partial charge in [-0.05, 0) is 37.8 Å². The van der Waals surface area contributed by atoms with Gasteiger partial charge in [0.2, 0.25) is 0 Å². The van der Waals surface area contributed by atoms with Crippen molar-refractivity contribution in [2.75, 3.05) is 11.9 Å². The molecule has 0 aliphatic heterocycles. The molecule has 2 rings (SSSR count).